The maximum atomic E-state index is 5.38. The predicted molar refractivity (Wildman–Crippen MR) is 71.0 cm³/mol. The standard InChI is InChI=1S/C14H17N3O/c1-2-5-14(17-9-3-8-15-17)13(4-1)16-12-6-10-18-11-7-12/h1-5,8-9,12,16H,6-7,10-11H2. The number of anilines is 1. The number of para-hydroxylation sites is 2. The average molecular weight is 243 g/mol. The van der Waals surface area contributed by atoms with Crippen molar-refractivity contribution in [3.05, 3.63) is 42.7 Å². The van der Waals surface area contributed by atoms with Crippen LogP contribution < -0.4 is 5.32 Å². The number of benzene rings is 1. The fourth-order valence-corrected chi connectivity index (χ4v) is 2.27. The van der Waals surface area contributed by atoms with E-state index in [2.05, 4.69) is 28.6 Å². The topological polar surface area (TPSA) is 39.1 Å². The van der Waals surface area contributed by atoms with Gasteiger partial charge in [-0.15, -0.1) is 0 Å². The molecule has 1 saturated heterocycles. The van der Waals surface area contributed by atoms with Gasteiger partial charge in [0.25, 0.3) is 0 Å². The Morgan fingerprint density at radius 2 is 2.00 bits per heavy atom. The molecule has 1 fully saturated rings. The van der Waals surface area contributed by atoms with Crippen molar-refractivity contribution in [3.63, 3.8) is 0 Å². The molecule has 4 heteroatoms. The second kappa shape index (κ2) is 5.23. The molecular weight excluding hydrogens is 226 g/mol. The molecule has 0 bridgehead atoms. The second-order valence-electron chi connectivity index (χ2n) is 4.50. The van der Waals surface area contributed by atoms with Gasteiger partial charge in [-0.1, -0.05) is 12.1 Å². The minimum atomic E-state index is 0.496. The highest BCUT2D eigenvalue weighted by atomic mass is 16.5. The fourth-order valence-electron chi connectivity index (χ4n) is 2.27. The van der Waals surface area contributed by atoms with Gasteiger partial charge in [0, 0.05) is 31.6 Å². The molecule has 2 aromatic rings. The Morgan fingerprint density at radius 3 is 2.78 bits per heavy atom. The fraction of sp³-hybridized carbons (Fsp3) is 0.357. The van der Waals surface area contributed by atoms with Crippen molar-refractivity contribution in [1.82, 2.24) is 9.78 Å². The van der Waals surface area contributed by atoms with E-state index in [4.69, 9.17) is 4.74 Å². The maximum absolute atomic E-state index is 5.38. The van der Waals surface area contributed by atoms with E-state index in [9.17, 15) is 0 Å². The molecule has 94 valence electrons. The molecule has 3 rings (SSSR count). The third-order valence-corrected chi connectivity index (χ3v) is 3.24. The Morgan fingerprint density at radius 1 is 1.17 bits per heavy atom. The number of rotatable bonds is 3. The van der Waals surface area contributed by atoms with Gasteiger partial charge in [-0.3, -0.25) is 0 Å². The average Bonchev–Trinajstić information content (AvgIpc) is 2.94. The van der Waals surface area contributed by atoms with Crippen LogP contribution in [-0.4, -0.2) is 29.0 Å². The summed E-state index contributed by atoms with van der Waals surface area (Å²) in [5.74, 6) is 0. The number of nitrogens with one attached hydrogen (secondary N) is 1. The molecule has 0 radical (unpaired) electrons. The highest BCUT2D eigenvalue weighted by Gasteiger charge is 2.15. The molecular formula is C14H17N3O. The molecule has 1 aromatic heterocycles. The zero-order valence-corrected chi connectivity index (χ0v) is 10.2. The third kappa shape index (κ3) is 2.38. The van der Waals surface area contributed by atoms with E-state index in [-0.39, 0.29) is 0 Å². The Balaban J connectivity index is 1.83. The first-order valence-corrected chi connectivity index (χ1v) is 6.37. The lowest BCUT2D eigenvalue weighted by Crippen LogP contribution is -2.28. The Labute approximate surface area is 107 Å². The summed E-state index contributed by atoms with van der Waals surface area (Å²) >= 11 is 0. The summed E-state index contributed by atoms with van der Waals surface area (Å²) in [6, 6.07) is 10.7. The zero-order chi connectivity index (χ0) is 12.2. The Hall–Kier alpha value is -1.81. The summed E-state index contributed by atoms with van der Waals surface area (Å²) in [7, 11) is 0. The van der Waals surface area contributed by atoms with E-state index >= 15 is 0 Å². The molecule has 0 atom stereocenters. The van der Waals surface area contributed by atoms with E-state index in [1.165, 1.54) is 0 Å². The minimum Gasteiger partial charge on any atom is -0.381 e. The summed E-state index contributed by atoms with van der Waals surface area (Å²) < 4.78 is 7.27. The summed E-state index contributed by atoms with van der Waals surface area (Å²) in [6.45, 7) is 1.70. The lowest BCUT2D eigenvalue weighted by atomic mass is 10.1. The van der Waals surface area contributed by atoms with Crippen LogP contribution >= 0.6 is 0 Å². The first kappa shape index (κ1) is 11.3. The Bertz CT molecular complexity index is 490. The van der Waals surface area contributed by atoms with Gasteiger partial charge in [0.15, 0.2) is 0 Å². The molecule has 0 saturated carbocycles. The van der Waals surface area contributed by atoms with Crippen molar-refractivity contribution < 1.29 is 4.74 Å². The number of aromatic nitrogens is 2. The minimum absolute atomic E-state index is 0.496. The number of nitrogens with zero attached hydrogens (tertiary/aromatic N) is 2. The summed E-state index contributed by atoms with van der Waals surface area (Å²) in [5, 5.41) is 7.89. The van der Waals surface area contributed by atoms with Gasteiger partial charge in [-0.25, -0.2) is 4.68 Å². The van der Waals surface area contributed by atoms with Crippen molar-refractivity contribution in [2.75, 3.05) is 18.5 Å². The van der Waals surface area contributed by atoms with Crippen LogP contribution in [0.5, 0.6) is 0 Å². The Kier molecular flexibility index (Phi) is 3.28. The lowest BCUT2D eigenvalue weighted by Gasteiger charge is -2.25. The van der Waals surface area contributed by atoms with Crippen LogP contribution in [0, 0.1) is 0 Å². The zero-order valence-electron chi connectivity index (χ0n) is 10.2. The smallest absolute Gasteiger partial charge is 0.0876 e. The van der Waals surface area contributed by atoms with Crippen LogP contribution in [-0.2, 0) is 4.74 Å². The molecule has 0 amide bonds. The van der Waals surface area contributed by atoms with Crippen LogP contribution in [0.25, 0.3) is 5.69 Å². The van der Waals surface area contributed by atoms with Gasteiger partial charge >= 0.3 is 0 Å². The SMILES string of the molecule is c1ccc(-n2cccn2)c(NC2CCOCC2)c1. The van der Waals surface area contributed by atoms with Gasteiger partial charge in [-0.05, 0) is 31.0 Å². The van der Waals surface area contributed by atoms with Gasteiger partial charge in [0.05, 0.1) is 11.4 Å². The molecule has 0 aliphatic carbocycles. The molecule has 4 nitrogen and oxygen atoms in total. The molecule has 1 aliphatic heterocycles. The van der Waals surface area contributed by atoms with E-state index in [1.807, 2.05) is 23.0 Å². The molecule has 0 spiro atoms. The van der Waals surface area contributed by atoms with E-state index in [0.717, 1.165) is 37.4 Å². The normalized spacial score (nSPS) is 16.7. The third-order valence-electron chi connectivity index (χ3n) is 3.24. The molecule has 18 heavy (non-hydrogen) atoms. The van der Waals surface area contributed by atoms with Crippen LogP contribution in [0.4, 0.5) is 5.69 Å². The van der Waals surface area contributed by atoms with Crippen LogP contribution in [0.1, 0.15) is 12.8 Å². The molecule has 1 N–H and O–H groups in total. The van der Waals surface area contributed by atoms with E-state index < -0.39 is 0 Å². The molecule has 0 unspecified atom stereocenters. The van der Waals surface area contributed by atoms with Gasteiger partial charge in [0.1, 0.15) is 0 Å². The summed E-state index contributed by atoms with van der Waals surface area (Å²) in [5.41, 5.74) is 2.22. The summed E-state index contributed by atoms with van der Waals surface area (Å²) in [6.07, 6.45) is 5.89. The molecule has 1 aromatic carbocycles. The van der Waals surface area contributed by atoms with E-state index in [0.29, 0.717) is 6.04 Å². The largest absolute Gasteiger partial charge is 0.381 e. The van der Waals surface area contributed by atoms with Crippen molar-refractivity contribution in [1.29, 1.82) is 0 Å². The van der Waals surface area contributed by atoms with Crippen LogP contribution in [0.2, 0.25) is 0 Å². The van der Waals surface area contributed by atoms with Gasteiger partial charge < -0.3 is 10.1 Å². The van der Waals surface area contributed by atoms with Crippen molar-refractivity contribution in [2.45, 2.75) is 18.9 Å². The predicted octanol–water partition coefficient (Wildman–Crippen LogP) is 2.46. The second-order valence-corrected chi connectivity index (χ2v) is 4.50. The highest BCUT2D eigenvalue weighted by Crippen LogP contribution is 2.22. The number of hydrogen-bond donors (Lipinski definition) is 1. The van der Waals surface area contributed by atoms with Gasteiger partial charge in [0.2, 0.25) is 0 Å². The van der Waals surface area contributed by atoms with Gasteiger partial charge in [-0.2, -0.15) is 5.10 Å². The van der Waals surface area contributed by atoms with E-state index in [1.54, 1.807) is 6.20 Å². The number of hydrogen-bond acceptors (Lipinski definition) is 3. The summed E-state index contributed by atoms with van der Waals surface area (Å²) in [4.78, 5) is 0. The maximum Gasteiger partial charge on any atom is 0.0876 e. The van der Waals surface area contributed by atoms with Crippen molar-refractivity contribution in [2.24, 2.45) is 0 Å². The molecule has 2 heterocycles. The quantitative estimate of drug-likeness (QED) is 0.900. The van der Waals surface area contributed by atoms with Crippen molar-refractivity contribution in [3.8, 4) is 5.69 Å². The first-order valence-electron chi connectivity index (χ1n) is 6.37. The van der Waals surface area contributed by atoms with Crippen LogP contribution in [0.3, 0.4) is 0 Å². The number of ether oxygens (including phenoxy) is 1. The van der Waals surface area contributed by atoms with Crippen LogP contribution in [0.15, 0.2) is 42.7 Å². The monoisotopic (exact) mass is 243 g/mol. The van der Waals surface area contributed by atoms with Crippen molar-refractivity contribution >= 4 is 5.69 Å². The lowest BCUT2D eigenvalue weighted by molar-refractivity contribution is 0.0904. The molecule has 1 aliphatic rings. The first-order chi connectivity index (χ1) is 8.93. The highest BCUT2D eigenvalue weighted by molar-refractivity contribution is 5.61.